The number of nitrogens with one attached hydrogen (secondary N) is 2. The molecule has 0 fully saturated rings. The van der Waals surface area contributed by atoms with Crippen molar-refractivity contribution in [3.8, 4) is 0 Å². The Morgan fingerprint density at radius 3 is 2.29 bits per heavy atom. The summed E-state index contributed by atoms with van der Waals surface area (Å²) in [6.07, 6.45) is 0. The number of hydrogen-bond donors (Lipinski definition) is 2. The number of carbonyl (C=O) groups is 2. The van der Waals surface area contributed by atoms with Crippen molar-refractivity contribution in [3.05, 3.63) is 60.2 Å². The summed E-state index contributed by atoms with van der Waals surface area (Å²) >= 11 is 1.48. The highest BCUT2D eigenvalue weighted by molar-refractivity contribution is 8.00. The van der Waals surface area contributed by atoms with Gasteiger partial charge in [0.1, 0.15) is 0 Å². The summed E-state index contributed by atoms with van der Waals surface area (Å²) in [4.78, 5) is 24.3. The molecule has 21 heavy (non-hydrogen) atoms. The van der Waals surface area contributed by atoms with Gasteiger partial charge in [0.2, 0.25) is 5.91 Å². The smallest absolute Gasteiger partial charge is 0.251 e. The minimum absolute atomic E-state index is 0.0726. The first kappa shape index (κ1) is 15.1. The molecule has 0 aromatic heterocycles. The van der Waals surface area contributed by atoms with Gasteiger partial charge in [-0.25, -0.2) is 0 Å². The lowest BCUT2D eigenvalue weighted by molar-refractivity contribution is -0.113. The quantitative estimate of drug-likeness (QED) is 0.835. The molecule has 4 nitrogen and oxygen atoms in total. The van der Waals surface area contributed by atoms with Crippen molar-refractivity contribution in [2.45, 2.75) is 4.90 Å². The van der Waals surface area contributed by atoms with Gasteiger partial charge in [0.05, 0.1) is 5.75 Å². The van der Waals surface area contributed by atoms with Crippen molar-refractivity contribution in [1.82, 2.24) is 5.32 Å². The molecule has 0 aliphatic heterocycles. The lowest BCUT2D eigenvalue weighted by atomic mass is 10.2. The summed E-state index contributed by atoms with van der Waals surface area (Å²) in [5.41, 5.74) is 1.25. The second-order valence-corrected chi connectivity index (χ2v) is 5.36. The van der Waals surface area contributed by atoms with Crippen molar-refractivity contribution >= 4 is 29.3 Å². The molecule has 108 valence electrons. The fourth-order valence-corrected chi connectivity index (χ4v) is 2.43. The highest BCUT2D eigenvalue weighted by Crippen LogP contribution is 2.17. The van der Waals surface area contributed by atoms with E-state index in [9.17, 15) is 9.59 Å². The monoisotopic (exact) mass is 300 g/mol. The minimum Gasteiger partial charge on any atom is -0.355 e. The van der Waals surface area contributed by atoms with Crippen LogP contribution in [0.15, 0.2) is 59.5 Å². The van der Waals surface area contributed by atoms with E-state index < -0.39 is 0 Å². The number of rotatable bonds is 5. The van der Waals surface area contributed by atoms with Gasteiger partial charge in [-0.05, 0) is 36.4 Å². The average Bonchev–Trinajstić information content (AvgIpc) is 2.54. The summed E-state index contributed by atoms with van der Waals surface area (Å²) in [7, 11) is 1.58. The topological polar surface area (TPSA) is 58.2 Å². The van der Waals surface area contributed by atoms with Crippen molar-refractivity contribution in [2.24, 2.45) is 0 Å². The highest BCUT2D eigenvalue weighted by atomic mass is 32.2. The molecule has 0 unspecified atom stereocenters. The Hall–Kier alpha value is -2.27. The van der Waals surface area contributed by atoms with E-state index in [1.54, 1.807) is 31.3 Å². The van der Waals surface area contributed by atoms with Crippen LogP contribution < -0.4 is 10.6 Å². The van der Waals surface area contributed by atoms with Gasteiger partial charge in [-0.15, -0.1) is 11.8 Å². The predicted molar refractivity (Wildman–Crippen MR) is 85.6 cm³/mol. The Morgan fingerprint density at radius 1 is 1.00 bits per heavy atom. The molecular formula is C16H16N2O2S. The predicted octanol–water partition coefficient (Wildman–Crippen LogP) is 2.78. The molecule has 0 aliphatic rings. The maximum Gasteiger partial charge on any atom is 0.251 e. The van der Waals surface area contributed by atoms with E-state index in [1.807, 2.05) is 30.3 Å². The molecular weight excluding hydrogens is 284 g/mol. The van der Waals surface area contributed by atoms with Gasteiger partial charge < -0.3 is 10.6 Å². The molecule has 2 aromatic carbocycles. The van der Waals surface area contributed by atoms with Gasteiger partial charge >= 0.3 is 0 Å². The Morgan fingerprint density at radius 2 is 1.67 bits per heavy atom. The minimum atomic E-state index is -0.146. The Balaban J connectivity index is 1.86. The molecule has 0 bridgehead atoms. The van der Waals surface area contributed by atoms with Gasteiger partial charge in [0.15, 0.2) is 0 Å². The van der Waals surface area contributed by atoms with Crippen molar-refractivity contribution in [3.63, 3.8) is 0 Å². The maximum atomic E-state index is 11.8. The van der Waals surface area contributed by atoms with Crippen molar-refractivity contribution < 1.29 is 9.59 Å². The molecule has 0 heterocycles. The van der Waals surface area contributed by atoms with Crippen LogP contribution in [0, 0.1) is 0 Å². The zero-order chi connectivity index (χ0) is 15.1. The van der Waals surface area contributed by atoms with Crippen LogP contribution in [0.4, 0.5) is 5.69 Å². The summed E-state index contributed by atoms with van der Waals surface area (Å²) in [5, 5.41) is 5.36. The molecule has 0 saturated heterocycles. The Kier molecular flexibility index (Phi) is 5.40. The Bertz CT molecular complexity index is 612. The highest BCUT2D eigenvalue weighted by Gasteiger charge is 2.05. The molecule has 0 radical (unpaired) electrons. The second-order valence-electron chi connectivity index (χ2n) is 4.31. The fourth-order valence-electron chi connectivity index (χ4n) is 1.71. The first-order valence-electron chi connectivity index (χ1n) is 6.49. The third-order valence-corrected chi connectivity index (χ3v) is 3.78. The molecule has 2 aromatic rings. The van der Waals surface area contributed by atoms with Crippen LogP contribution in [0.1, 0.15) is 10.4 Å². The third kappa shape index (κ3) is 4.65. The van der Waals surface area contributed by atoms with E-state index in [-0.39, 0.29) is 11.8 Å². The number of hydrogen-bond acceptors (Lipinski definition) is 3. The standard InChI is InChI=1S/C16H16N2O2S/c1-17-16(20)12-7-9-13(10-8-12)18-15(19)11-21-14-5-3-2-4-6-14/h2-10H,11H2,1H3,(H,17,20)(H,18,19). The van der Waals surface area contributed by atoms with Gasteiger partial charge in [0.25, 0.3) is 5.91 Å². The molecule has 0 aliphatic carbocycles. The van der Waals surface area contributed by atoms with Gasteiger partial charge in [0, 0.05) is 23.2 Å². The molecule has 2 N–H and O–H groups in total. The molecule has 2 amide bonds. The summed E-state index contributed by atoms with van der Waals surface area (Å²) < 4.78 is 0. The van der Waals surface area contributed by atoms with Crippen LogP contribution in [0.3, 0.4) is 0 Å². The molecule has 0 saturated carbocycles. The van der Waals surface area contributed by atoms with Gasteiger partial charge in [-0.2, -0.15) is 0 Å². The summed E-state index contributed by atoms with van der Waals surface area (Å²) in [6, 6.07) is 16.6. The van der Waals surface area contributed by atoms with Crippen LogP contribution in [0.2, 0.25) is 0 Å². The summed E-state index contributed by atoms with van der Waals surface area (Å²) in [5.74, 6) is 0.130. The number of thioether (sulfide) groups is 1. The number of benzene rings is 2. The normalized spacial score (nSPS) is 9.95. The first-order valence-corrected chi connectivity index (χ1v) is 7.47. The van der Waals surface area contributed by atoms with Crippen molar-refractivity contribution in [2.75, 3.05) is 18.1 Å². The molecule has 5 heteroatoms. The Labute approximate surface area is 127 Å². The van der Waals surface area contributed by atoms with Crippen LogP contribution in [0.5, 0.6) is 0 Å². The van der Waals surface area contributed by atoms with Crippen LogP contribution in [-0.4, -0.2) is 24.6 Å². The molecule has 0 spiro atoms. The number of carbonyl (C=O) groups excluding carboxylic acids is 2. The van der Waals surface area contributed by atoms with E-state index in [4.69, 9.17) is 0 Å². The number of amides is 2. The molecule has 0 atom stereocenters. The zero-order valence-corrected chi connectivity index (χ0v) is 12.4. The van der Waals surface area contributed by atoms with E-state index >= 15 is 0 Å². The van der Waals surface area contributed by atoms with Gasteiger partial charge in [-0.1, -0.05) is 18.2 Å². The van der Waals surface area contributed by atoms with E-state index in [1.165, 1.54) is 11.8 Å². The average molecular weight is 300 g/mol. The van der Waals surface area contributed by atoms with Crippen LogP contribution in [-0.2, 0) is 4.79 Å². The molecule has 2 rings (SSSR count). The fraction of sp³-hybridized carbons (Fsp3) is 0.125. The second kappa shape index (κ2) is 7.50. The maximum absolute atomic E-state index is 11.8. The number of anilines is 1. The van der Waals surface area contributed by atoms with Crippen LogP contribution in [0.25, 0.3) is 0 Å². The zero-order valence-electron chi connectivity index (χ0n) is 11.6. The van der Waals surface area contributed by atoms with E-state index in [0.717, 1.165) is 4.90 Å². The largest absolute Gasteiger partial charge is 0.355 e. The first-order chi connectivity index (χ1) is 10.2. The lowest BCUT2D eigenvalue weighted by Gasteiger charge is -2.06. The third-order valence-electron chi connectivity index (χ3n) is 2.77. The van der Waals surface area contributed by atoms with E-state index in [2.05, 4.69) is 10.6 Å². The summed E-state index contributed by atoms with van der Waals surface area (Å²) in [6.45, 7) is 0. The van der Waals surface area contributed by atoms with Gasteiger partial charge in [-0.3, -0.25) is 9.59 Å². The lowest BCUT2D eigenvalue weighted by Crippen LogP contribution is -2.18. The van der Waals surface area contributed by atoms with Crippen LogP contribution >= 0.6 is 11.8 Å². The van der Waals surface area contributed by atoms with E-state index in [0.29, 0.717) is 17.0 Å². The SMILES string of the molecule is CNC(=O)c1ccc(NC(=O)CSc2ccccc2)cc1. The van der Waals surface area contributed by atoms with Crippen molar-refractivity contribution in [1.29, 1.82) is 0 Å².